The number of hydrogen-bond donors (Lipinski definition) is 1. The minimum absolute atomic E-state index is 0.763. The molecule has 112 valence electrons. The fourth-order valence-corrected chi connectivity index (χ4v) is 3.68. The van der Waals surface area contributed by atoms with E-state index in [1.165, 1.54) is 11.1 Å². The van der Waals surface area contributed by atoms with E-state index < -0.39 is 0 Å². The number of likely N-dealkylation sites (N-methyl/N-ethyl adjacent to an activating group) is 1. The Kier molecular flexibility index (Phi) is 4.77. The number of fused-ring (bicyclic) bond motifs is 1. The maximum atomic E-state index is 5.75. The van der Waals surface area contributed by atoms with E-state index in [-0.39, 0.29) is 0 Å². The topological polar surface area (TPSA) is 64.9 Å². The number of nitrogens with one attached hydrogen (secondary N) is 1. The SMILES string of the molecule is CNCCn1nnnc1SCc1cc(Br)cc2c1OCC2. The van der Waals surface area contributed by atoms with Crippen molar-refractivity contribution in [2.75, 3.05) is 20.2 Å². The maximum Gasteiger partial charge on any atom is 0.209 e. The second kappa shape index (κ2) is 6.76. The molecule has 0 atom stereocenters. The summed E-state index contributed by atoms with van der Waals surface area (Å²) in [6.45, 7) is 2.37. The molecular weight excluding hydrogens is 354 g/mol. The van der Waals surface area contributed by atoms with Gasteiger partial charge in [0, 0.05) is 28.8 Å². The molecule has 0 spiro atoms. The summed E-state index contributed by atoms with van der Waals surface area (Å²) in [4.78, 5) is 0. The second-order valence-corrected chi connectivity index (χ2v) is 6.59. The lowest BCUT2D eigenvalue weighted by molar-refractivity contribution is 0.354. The van der Waals surface area contributed by atoms with E-state index in [1.807, 2.05) is 11.7 Å². The summed E-state index contributed by atoms with van der Waals surface area (Å²) in [6.07, 6.45) is 0.979. The van der Waals surface area contributed by atoms with Crippen molar-refractivity contribution in [2.45, 2.75) is 23.9 Å². The van der Waals surface area contributed by atoms with Gasteiger partial charge in [0.1, 0.15) is 5.75 Å². The van der Waals surface area contributed by atoms with Crippen LogP contribution in [0.15, 0.2) is 21.8 Å². The zero-order valence-corrected chi connectivity index (χ0v) is 14.1. The smallest absolute Gasteiger partial charge is 0.209 e. The molecule has 2 aromatic rings. The first-order chi connectivity index (χ1) is 10.3. The van der Waals surface area contributed by atoms with Crippen molar-refractivity contribution in [1.82, 2.24) is 25.5 Å². The van der Waals surface area contributed by atoms with Crippen molar-refractivity contribution >= 4 is 27.7 Å². The Balaban J connectivity index is 1.72. The molecule has 0 amide bonds. The lowest BCUT2D eigenvalue weighted by Gasteiger charge is -2.09. The number of hydrogen-bond acceptors (Lipinski definition) is 6. The summed E-state index contributed by atoms with van der Waals surface area (Å²) < 4.78 is 8.66. The Morgan fingerprint density at radius 1 is 1.48 bits per heavy atom. The van der Waals surface area contributed by atoms with E-state index >= 15 is 0 Å². The van der Waals surface area contributed by atoms with E-state index in [4.69, 9.17) is 4.74 Å². The zero-order valence-electron chi connectivity index (χ0n) is 11.7. The number of tetrazole rings is 1. The summed E-state index contributed by atoms with van der Waals surface area (Å²) in [7, 11) is 1.92. The van der Waals surface area contributed by atoms with Crippen molar-refractivity contribution in [1.29, 1.82) is 0 Å². The molecular formula is C13H16BrN5OS. The van der Waals surface area contributed by atoms with Crippen molar-refractivity contribution in [3.05, 3.63) is 27.7 Å². The fourth-order valence-electron chi connectivity index (χ4n) is 2.25. The van der Waals surface area contributed by atoms with Crippen molar-refractivity contribution < 1.29 is 4.74 Å². The molecule has 0 bridgehead atoms. The number of nitrogens with zero attached hydrogens (tertiary/aromatic N) is 4. The van der Waals surface area contributed by atoms with Crippen molar-refractivity contribution in [3.63, 3.8) is 0 Å². The minimum atomic E-state index is 0.763. The quantitative estimate of drug-likeness (QED) is 0.784. The van der Waals surface area contributed by atoms with E-state index in [1.54, 1.807) is 11.8 Å². The van der Waals surface area contributed by atoms with Crippen LogP contribution >= 0.6 is 27.7 Å². The van der Waals surface area contributed by atoms with Gasteiger partial charge in [-0.25, -0.2) is 4.68 Å². The van der Waals surface area contributed by atoms with Crippen molar-refractivity contribution in [3.8, 4) is 5.75 Å². The third-order valence-corrected chi connectivity index (χ3v) is 4.72. The highest BCUT2D eigenvalue weighted by atomic mass is 79.9. The Bertz CT molecular complexity index is 633. The molecule has 1 aromatic heterocycles. The molecule has 1 aliphatic rings. The molecule has 0 saturated carbocycles. The van der Waals surface area contributed by atoms with Gasteiger partial charge in [0.25, 0.3) is 0 Å². The van der Waals surface area contributed by atoms with Gasteiger partial charge < -0.3 is 10.1 Å². The fraction of sp³-hybridized carbons (Fsp3) is 0.462. The van der Waals surface area contributed by atoms with Crippen LogP contribution in [0.2, 0.25) is 0 Å². The second-order valence-electron chi connectivity index (χ2n) is 4.73. The lowest BCUT2D eigenvalue weighted by atomic mass is 10.1. The van der Waals surface area contributed by atoms with Crippen LogP contribution in [0.4, 0.5) is 0 Å². The summed E-state index contributed by atoms with van der Waals surface area (Å²) in [5.74, 6) is 1.82. The first-order valence-electron chi connectivity index (χ1n) is 6.75. The predicted octanol–water partition coefficient (Wildman–Crippen LogP) is 1.88. The Morgan fingerprint density at radius 2 is 2.38 bits per heavy atom. The van der Waals surface area contributed by atoms with Gasteiger partial charge in [0.15, 0.2) is 0 Å². The normalized spacial score (nSPS) is 13.2. The number of benzene rings is 1. The third kappa shape index (κ3) is 3.38. The highest BCUT2D eigenvalue weighted by Gasteiger charge is 2.18. The highest BCUT2D eigenvalue weighted by Crippen LogP contribution is 2.36. The molecule has 3 rings (SSSR count). The van der Waals surface area contributed by atoms with E-state index in [0.717, 1.165) is 47.2 Å². The van der Waals surface area contributed by atoms with E-state index in [2.05, 4.69) is 48.9 Å². The van der Waals surface area contributed by atoms with Gasteiger partial charge in [0.2, 0.25) is 5.16 Å². The number of halogens is 1. The number of thioether (sulfide) groups is 1. The first-order valence-corrected chi connectivity index (χ1v) is 8.53. The average molecular weight is 370 g/mol. The van der Waals surface area contributed by atoms with Gasteiger partial charge in [-0.15, -0.1) is 5.10 Å². The Labute approximate surface area is 135 Å². The van der Waals surface area contributed by atoms with Crippen LogP contribution < -0.4 is 10.1 Å². The van der Waals surface area contributed by atoms with Crippen LogP contribution in [-0.4, -0.2) is 40.4 Å². The first kappa shape index (κ1) is 14.8. The molecule has 0 radical (unpaired) electrons. The third-order valence-electron chi connectivity index (χ3n) is 3.25. The molecule has 0 saturated heterocycles. The molecule has 1 aliphatic heterocycles. The Hall–Kier alpha value is -1.12. The maximum absolute atomic E-state index is 5.75. The van der Waals surface area contributed by atoms with E-state index in [9.17, 15) is 0 Å². The zero-order chi connectivity index (χ0) is 14.7. The molecule has 21 heavy (non-hydrogen) atoms. The van der Waals surface area contributed by atoms with Gasteiger partial charge in [-0.2, -0.15) is 0 Å². The molecule has 0 unspecified atom stereocenters. The molecule has 1 aromatic carbocycles. The standard InChI is InChI=1S/C13H16BrN5OS/c1-15-3-4-19-13(16-17-18-19)21-8-10-7-11(14)6-9-2-5-20-12(9)10/h6-7,15H,2-5,8H2,1H3. The van der Waals surface area contributed by atoms with Gasteiger partial charge >= 0.3 is 0 Å². The molecule has 0 fully saturated rings. The summed E-state index contributed by atoms with van der Waals surface area (Å²) in [5.41, 5.74) is 2.46. The molecule has 8 heteroatoms. The molecule has 6 nitrogen and oxygen atoms in total. The largest absolute Gasteiger partial charge is 0.493 e. The van der Waals surface area contributed by atoms with Gasteiger partial charge in [-0.1, -0.05) is 27.7 Å². The van der Waals surface area contributed by atoms with Crippen molar-refractivity contribution in [2.24, 2.45) is 0 Å². The number of rotatable bonds is 6. The van der Waals surface area contributed by atoms with Crippen LogP contribution in [0.25, 0.3) is 0 Å². The van der Waals surface area contributed by atoms with E-state index in [0.29, 0.717) is 0 Å². The molecule has 0 aliphatic carbocycles. The van der Waals surface area contributed by atoms with Crippen LogP contribution in [0.1, 0.15) is 11.1 Å². The van der Waals surface area contributed by atoms with Crippen LogP contribution in [-0.2, 0) is 18.7 Å². The summed E-state index contributed by atoms with van der Waals surface area (Å²) in [5, 5.41) is 15.8. The van der Waals surface area contributed by atoms with Crippen LogP contribution in [0.5, 0.6) is 5.75 Å². The minimum Gasteiger partial charge on any atom is -0.493 e. The van der Waals surface area contributed by atoms with Crippen LogP contribution in [0.3, 0.4) is 0 Å². The number of ether oxygens (including phenoxy) is 1. The lowest BCUT2D eigenvalue weighted by Crippen LogP contribution is -2.16. The highest BCUT2D eigenvalue weighted by molar-refractivity contribution is 9.10. The molecule has 1 N–H and O–H groups in total. The van der Waals surface area contributed by atoms with Crippen LogP contribution in [0, 0.1) is 0 Å². The predicted molar refractivity (Wildman–Crippen MR) is 84.6 cm³/mol. The molecule has 2 heterocycles. The summed E-state index contributed by atoms with van der Waals surface area (Å²) in [6, 6.07) is 4.24. The monoisotopic (exact) mass is 369 g/mol. The van der Waals surface area contributed by atoms with Gasteiger partial charge in [-0.3, -0.25) is 0 Å². The average Bonchev–Trinajstić information content (AvgIpc) is 3.10. The van der Waals surface area contributed by atoms with Gasteiger partial charge in [-0.05, 0) is 35.2 Å². The Morgan fingerprint density at radius 3 is 3.24 bits per heavy atom. The summed E-state index contributed by atoms with van der Waals surface area (Å²) >= 11 is 5.19. The van der Waals surface area contributed by atoms with Gasteiger partial charge in [0.05, 0.1) is 13.2 Å². The number of aromatic nitrogens is 4.